The van der Waals surface area contributed by atoms with Crippen LogP contribution < -0.4 is 9.64 Å². The first-order valence-corrected chi connectivity index (χ1v) is 10.3. The van der Waals surface area contributed by atoms with Crippen LogP contribution in [0, 0.1) is 5.82 Å². The smallest absolute Gasteiger partial charge is 0.296 e. The molecule has 0 fully saturated rings. The first-order chi connectivity index (χ1) is 15.1. The van der Waals surface area contributed by atoms with Gasteiger partial charge in [0.2, 0.25) is 0 Å². The molecule has 0 bridgehead atoms. The fourth-order valence-corrected chi connectivity index (χ4v) is 4.31. The van der Waals surface area contributed by atoms with Crippen molar-refractivity contribution in [3.05, 3.63) is 84.1 Å². The van der Waals surface area contributed by atoms with Crippen molar-refractivity contribution in [2.24, 2.45) is 0 Å². The molecule has 8 heteroatoms. The van der Waals surface area contributed by atoms with Crippen LogP contribution in [0.25, 0.3) is 21.2 Å². The predicted molar refractivity (Wildman–Crippen MR) is 117 cm³/mol. The largest absolute Gasteiger partial charge is 0.493 e. The summed E-state index contributed by atoms with van der Waals surface area (Å²) in [5, 5.41) is 1.19. The number of halogens is 1. The molecule has 0 saturated carbocycles. The Labute approximate surface area is 180 Å². The zero-order valence-corrected chi connectivity index (χ0v) is 17.2. The number of fused-ring (bicyclic) bond motifs is 2. The second kappa shape index (κ2) is 7.81. The highest BCUT2D eigenvalue weighted by atomic mass is 32.1. The summed E-state index contributed by atoms with van der Waals surface area (Å²) in [6, 6.07) is 17.0. The molecular weight excluding hydrogens is 417 g/mol. The van der Waals surface area contributed by atoms with Crippen molar-refractivity contribution in [1.82, 2.24) is 9.97 Å². The summed E-state index contributed by atoms with van der Waals surface area (Å²) >= 11 is 1.24. The average Bonchev–Trinajstić information content (AvgIpc) is 3.41. The van der Waals surface area contributed by atoms with Crippen LogP contribution in [0.15, 0.2) is 71.3 Å². The summed E-state index contributed by atoms with van der Waals surface area (Å²) in [5.74, 6) is -0.0257. The topological polar surface area (TPSA) is 68.5 Å². The molecule has 154 valence electrons. The van der Waals surface area contributed by atoms with Gasteiger partial charge in [-0.1, -0.05) is 29.5 Å². The summed E-state index contributed by atoms with van der Waals surface area (Å²) < 4.78 is 25.5. The Bertz CT molecular complexity index is 1400. The van der Waals surface area contributed by atoms with E-state index in [0.717, 1.165) is 5.39 Å². The predicted octanol–water partition coefficient (Wildman–Crippen LogP) is 5.43. The van der Waals surface area contributed by atoms with Gasteiger partial charge in [0.1, 0.15) is 5.82 Å². The number of ether oxygens (including phenoxy) is 1. The molecule has 0 N–H and O–H groups in total. The first kappa shape index (κ1) is 19.2. The molecule has 31 heavy (non-hydrogen) atoms. The molecule has 2 aromatic carbocycles. The first-order valence-electron chi connectivity index (χ1n) is 9.47. The Balaban J connectivity index is 1.60. The van der Waals surface area contributed by atoms with E-state index in [1.807, 2.05) is 30.3 Å². The minimum absolute atomic E-state index is 0.154. The molecule has 0 spiro atoms. The lowest BCUT2D eigenvalue weighted by atomic mass is 10.2. The van der Waals surface area contributed by atoms with E-state index in [9.17, 15) is 9.18 Å². The number of furan rings is 1. The van der Waals surface area contributed by atoms with Gasteiger partial charge in [0.05, 0.1) is 29.6 Å². The number of pyridine rings is 1. The van der Waals surface area contributed by atoms with Crippen LogP contribution in [0.2, 0.25) is 0 Å². The molecule has 3 heterocycles. The van der Waals surface area contributed by atoms with Gasteiger partial charge >= 0.3 is 0 Å². The molecule has 5 rings (SSSR count). The Hall–Kier alpha value is -3.78. The molecule has 1 amide bonds. The van der Waals surface area contributed by atoms with E-state index in [1.165, 1.54) is 28.4 Å². The number of nitrogens with zero attached hydrogens (tertiary/aromatic N) is 3. The number of carbonyl (C=O) groups is 1. The van der Waals surface area contributed by atoms with E-state index < -0.39 is 0 Å². The molecule has 0 atom stereocenters. The molecule has 0 radical (unpaired) electrons. The average molecular weight is 433 g/mol. The SMILES string of the molecule is COc1cccc2cc(C(=O)N(Cc3ccccn3)c3nc4ccc(F)cc4s3)oc12. The van der Waals surface area contributed by atoms with Gasteiger partial charge in [0, 0.05) is 11.6 Å². The monoisotopic (exact) mass is 433 g/mol. The van der Waals surface area contributed by atoms with Gasteiger partial charge in [0.15, 0.2) is 22.2 Å². The van der Waals surface area contributed by atoms with Crippen LogP contribution in [-0.4, -0.2) is 23.0 Å². The lowest BCUT2D eigenvalue weighted by molar-refractivity contribution is 0.0960. The van der Waals surface area contributed by atoms with Gasteiger partial charge in [-0.25, -0.2) is 9.37 Å². The highest BCUT2D eigenvalue weighted by Crippen LogP contribution is 2.33. The van der Waals surface area contributed by atoms with Crippen molar-refractivity contribution in [3.8, 4) is 5.75 Å². The maximum atomic E-state index is 13.7. The lowest BCUT2D eigenvalue weighted by Gasteiger charge is -2.18. The Morgan fingerprint density at radius 1 is 1.16 bits per heavy atom. The molecule has 6 nitrogen and oxygen atoms in total. The van der Waals surface area contributed by atoms with E-state index in [4.69, 9.17) is 9.15 Å². The highest BCUT2D eigenvalue weighted by Gasteiger charge is 2.26. The zero-order valence-electron chi connectivity index (χ0n) is 16.4. The Morgan fingerprint density at radius 3 is 2.87 bits per heavy atom. The number of hydrogen-bond acceptors (Lipinski definition) is 6. The minimum Gasteiger partial charge on any atom is -0.493 e. The van der Waals surface area contributed by atoms with Crippen molar-refractivity contribution in [1.29, 1.82) is 0 Å². The van der Waals surface area contributed by atoms with Gasteiger partial charge in [0.25, 0.3) is 5.91 Å². The standard InChI is InChI=1S/C23H16FN3O3S/c1-29-18-7-4-5-14-11-19(30-21(14)18)22(28)27(13-16-6-2-3-10-25-16)23-26-17-9-8-15(24)12-20(17)31-23/h2-12H,13H2,1H3. The fraction of sp³-hybridized carbons (Fsp3) is 0.0870. The number of para-hydroxylation sites is 1. The van der Waals surface area contributed by atoms with Crippen molar-refractivity contribution in [2.75, 3.05) is 12.0 Å². The third kappa shape index (κ3) is 3.62. The summed E-state index contributed by atoms with van der Waals surface area (Å²) in [6.07, 6.45) is 1.66. The molecule has 0 saturated heterocycles. The van der Waals surface area contributed by atoms with E-state index in [2.05, 4.69) is 9.97 Å². The van der Waals surface area contributed by atoms with Gasteiger partial charge in [-0.05, 0) is 42.5 Å². The Morgan fingerprint density at radius 2 is 2.06 bits per heavy atom. The summed E-state index contributed by atoms with van der Waals surface area (Å²) in [6.45, 7) is 0.191. The van der Waals surface area contributed by atoms with Gasteiger partial charge < -0.3 is 9.15 Å². The maximum Gasteiger partial charge on any atom is 0.296 e. The number of benzene rings is 2. The molecule has 0 aliphatic rings. The third-order valence-electron chi connectivity index (χ3n) is 4.80. The second-order valence-corrected chi connectivity index (χ2v) is 7.82. The number of amides is 1. The fourth-order valence-electron chi connectivity index (χ4n) is 3.32. The zero-order chi connectivity index (χ0) is 21.4. The van der Waals surface area contributed by atoms with Crippen LogP contribution in [0.1, 0.15) is 16.2 Å². The summed E-state index contributed by atoms with van der Waals surface area (Å²) in [4.78, 5) is 23.9. The van der Waals surface area contributed by atoms with E-state index in [-0.39, 0.29) is 24.0 Å². The highest BCUT2D eigenvalue weighted by molar-refractivity contribution is 7.22. The number of methoxy groups -OCH3 is 1. The molecule has 5 aromatic rings. The summed E-state index contributed by atoms with van der Waals surface area (Å²) in [5.41, 5.74) is 1.80. The van der Waals surface area contributed by atoms with Crippen molar-refractivity contribution in [2.45, 2.75) is 6.54 Å². The number of thiazole rings is 1. The third-order valence-corrected chi connectivity index (χ3v) is 5.84. The maximum absolute atomic E-state index is 13.7. The van der Waals surface area contributed by atoms with Gasteiger partial charge in [-0.2, -0.15) is 0 Å². The van der Waals surface area contributed by atoms with Crippen LogP contribution >= 0.6 is 11.3 Å². The van der Waals surface area contributed by atoms with Gasteiger partial charge in [-0.15, -0.1) is 0 Å². The van der Waals surface area contributed by atoms with E-state index in [0.29, 0.717) is 32.4 Å². The molecule has 0 aliphatic carbocycles. The molecular formula is C23H16FN3O3S. The van der Waals surface area contributed by atoms with Crippen molar-refractivity contribution in [3.63, 3.8) is 0 Å². The van der Waals surface area contributed by atoms with E-state index in [1.54, 1.807) is 31.5 Å². The molecule has 0 aliphatic heterocycles. The van der Waals surface area contributed by atoms with Crippen LogP contribution in [0.3, 0.4) is 0 Å². The van der Waals surface area contributed by atoms with Crippen molar-refractivity contribution < 1.29 is 18.3 Å². The number of rotatable bonds is 5. The second-order valence-electron chi connectivity index (χ2n) is 6.81. The normalized spacial score (nSPS) is 11.2. The van der Waals surface area contributed by atoms with Crippen LogP contribution in [0.4, 0.5) is 9.52 Å². The van der Waals surface area contributed by atoms with Crippen LogP contribution in [0.5, 0.6) is 5.75 Å². The van der Waals surface area contributed by atoms with Crippen molar-refractivity contribution >= 4 is 43.6 Å². The van der Waals surface area contributed by atoms with E-state index >= 15 is 0 Å². The Kier molecular flexibility index (Phi) is 4.83. The number of hydrogen-bond donors (Lipinski definition) is 0. The minimum atomic E-state index is -0.372. The number of carbonyl (C=O) groups excluding carboxylic acids is 1. The van der Waals surface area contributed by atoms with Gasteiger partial charge in [-0.3, -0.25) is 14.7 Å². The molecule has 3 aromatic heterocycles. The molecule has 0 unspecified atom stereocenters. The number of aromatic nitrogens is 2. The lowest BCUT2D eigenvalue weighted by Crippen LogP contribution is -2.30. The quantitative estimate of drug-likeness (QED) is 0.370. The summed E-state index contributed by atoms with van der Waals surface area (Å²) in [7, 11) is 1.55. The number of anilines is 1. The van der Waals surface area contributed by atoms with Crippen LogP contribution in [-0.2, 0) is 6.54 Å².